The van der Waals surface area contributed by atoms with E-state index in [1.54, 1.807) is 12.1 Å². The van der Waals surface area contributed by atoms with E-state index in [0.717, 1.165) is 6.07 Å². The van der Waals surface area contributed by atoms with Crippen molar-refractivity contribution in [2.75, 3.05) is 0 Å². The van der Waals surface area contributed by atoms with Crippen molar-refractivity contribution in [2.45, 2.75) is 6.61 Å². The molecule has 3 rings (SSSR count). The molecule has 3 aromatic rings. The zero-order valence-electron chi connectivity index (χ0n) is 12.3. The van der Waals surface area contributed by atoms with Crippen molar-refractivity contribution in [1.29, 1.82) is 0 Å². The SMILES string of the molecule is NC(=O)c1n[nH]nc1-c1ccc(OCc2cccc(F)c2)c(F)c1. The van der Waals surface area contributed by atoms with Crippen LogP contribution in [0.25, 0.3) is 11.3 Å². The molecular weight excluding hydrogens is 318 g/mol. The summed E-state index contributed by atoms with van der Waals surface area (Å²) in [7, 11) is 0. The topological polar surface area (TPSA) is 93.9 Å². The Morgan fingerprint density at radius 3 is 2.71 bits per heavy atom. The molecule has 0 aliphatic heterocycles. The summed E-state index contributed by atoms with van der Waals surface area (Å²) in [5.41, 5.74) is 6.15. The smallest absolute Gasteiger partial charge is 0.271 e. The molecule has 0 aliphatic rings. The highest BCUT2D eigenvalue weighted by molar-refractivity contribution is 5.96. The number of halogens is 2. The van der Waals surface area contributed by atoms with Gasteiger partial charge >= 0.3 is 0 Å². The first-order valence-corrected chi connectivity index (χ1v) is 6.92. The number of nitrogens with one attached hydrogen (secondary N) is 1. The lowest BCUT2D eigenvalue weighted by atomic mass is 10.1. The fourth-order valence-corrected chi connectivity index (χ4v) is 2.16. The number of rotatable bonds is 5. The van der Waals surface area contributed by atoms with Gasteiger partial charge in [-0.15, -0.1) is 0 Å². The van der Waals surface area contributed by atoms with Crippen LogP contribution in [0.15, 0.2) is 42.5 Å². The number of hydrogen-bond donors (Lipinski definition) is 2. The van der Waals surface area contributed by atoms with Gasteiger partial charge in [-0.3, -0.25) is 4.79 Å². The van der Waals surface area contributed by atoms with Crippen molar-refractivity contribution in [1.82, 2.24) is 15.4 Å². The van der Waals surface area contributed by atoms with E-state index in [4.69, 9.17) is 10.5 Å². The van der Waals surface area contributed by atoms with Crippen LogP contribution in [0.3, 0.4) is 0 Å². The van der Waals surface area contributed by atoms with Crippen molar-refractivity contribution in [3.8, 4) is 17.0 Å². The third-order valence-corrected chi connectivity index (χ3v) is 3.27. The fourth-order valence-electron chi connectivity index (χ4n) is 2.16. The molecule has 0 atom stereocenters. The molecule has 8 heteroatoms. The van der Waals surface area contributed by atoms with Crippen LogP contribution in [0.5, 0.6) is 5.75 Å². The van der Waals surface area contributed by atoms with Gasteiger partial charge in [-0.25, -0.2) is 8.78 Å². The number of ether oxygens (including phenoxy) is 1. The molecule has 0 spiro atoms. The number of aromatic nitrogens is 3. The first-order valence-electron chi connectivity index (χ1n) is 6.92. The summed E-state index contributed by atoms with van der Waals surface area (Å²) in [6, 6.07) is 9.91. The highest BCUT2D eigenvalue weighted by atomic mass is 19.1. The fraction of sp³-hybridized carbons (Fsp3) is 0.0625. The van der Waals surface area contributed by atoms with E-state index in [9.17, 15) is 13.6 Å². The van der Waals surface area contributed by atoms with E-state index in [2.05, 4.69) is 15.4 Å². The maximum Gasteiger partial charge on any atom is 0.271 e. The minimum absolute atomic E-state index is 0.00729. The number of benzene rings is 2. The number of carbonyl (C=O) groups excluding carboxylic acids is 1. The van der Waals surface area contributed by atoms with Crippen LogP contribution in [0.2, 0.25) is 0 Å². The average molecular weight is 330 g/mol. The third kappa shape index (κ3) is 3.22. The molecule has 1 aromatic heterocycles. The minimum atomic E-state index is -0.773. The number of aromatic amines is 1. The molecule has 3 N–H and O–H groups in total. The van der Waals surface area contributed by atoms with Crippen LogP contribution < -0.4 is 10.5 Å². The number of nitrogens with two attached hydrogens (primary N) is 1. The predicted molar refractivity (Wildman–Crippen MR) is 81.0 cm³/mol. The zero-order chi connectivity index (χ0) is 17.1. The summed E-state index contributed by atoms with van der Waals surface area (Å²) < 4.78 is 32.6. The van der Waals surface area contributed by atoms with Gasteiger partial charge in [-0.1, -0.05) is 12.1 Å². The minimum Gasteiger partial charge on any atom is -0.486 e. The monoisotopic (exact) mass is 330 g/mol. The molecule has 0 unspecified atom stereocenters. The van der Waals surface area contributed by atoms with Crippen LogP contribution in [-0.4, -0.2) is 21.3 Å². The molecule has 0 radical (unpaired) electrons. The van der Waals surface area contributed by atoms with Crippen molar-refractivity contribution in [2.24, 2.45) is 5.73 Å². The van der Waals surface area contributed by atoms with Crippen LogP contribution >= 0.6 is 0 Å². The van der Waals surface area contributed by atoms with Crippen molar-refractivity contribution in [3.63, 3.8) is 0 Å². The Labute approximate surface area is 135 Å². The Bertz CT molecular complexity index is 895. The van der Waals surface area contributed by atoms with Crippen molar-refractivity contribution >= 4 is 5.91 Å². The zero-order valence-corrected chi connectivity index (χ0v) is 12.3. The first-order chi connectivity index (χ1) is 11.5. The summed E-state index contributed by atoms with van der Waals surface area (Å²) in [5.74, 6) is -1.82. The molecule has 0 aliphatic carbocycles. The molecule has 122 valence electrons. The lowest BCUT2D eigenvalue weighted by Gasteiger charge is -2.08. The molecule has 6 nitrogen and oxygen atoms in total. The van der Waals surface area contributed by atoms with Gasteiger partial charge in [0.1, 0.15) is 18.1 Å². The summed E-state index contributed by atoms with van der Waals surface area (Å²) in [4.78, 5) is 11.2. The van der Waals surface area contributed by atoms with E-state index >= 15 is 0 Å². The van der Waals surface area contributed by atoms with E-state index in [-0.39, 0.29) is 23.7 Å². The van der Waals surface area contributed by atoms with E-state index in [1.165, 1.54) is 24.3 Å². The first kappa shape index (κ1) is 15.6. The van der Waals surface area contributed by atoms with Gasteiger partial charge in [0, 0.05) is 5.56 Å². The normalized spacial score (nSPS) is 10.6. The predicted octanol–water partition coefficient (Wildman–Crippen LogP) is 2.43. The molecule has 0 fully saturated rings. The lowest BCUT2D eigenvalue weighted by molar-refractivity contribution is 0.0996. The summed E-state index contributed by atoms with van der Waals surface area (Å²) >= 11 is 0. The average Bonchev–Trinajstić information content (AvgIpc) is 3.03. The standard InChI is InChI=1S/C16H12F2N4O2/c17-11-3-1-2-9(6-11)8-24-13-5-4-10(7-12(13)18)14-15(16(19)23)21-22-20-14/h1-7H,8H2,(H2,19,23)(H,20,21,22). The largest absolute Gasteiger partial charge is 0.486 e. The summed E-state index contributed by atoms with van der Waals surface area (Å²) in [5, 5.41) is 9.70. The second kappa shape index (κ2) is 6.45. The van der Waals surface area contributed by atoms with Gasteiger partial charge in [0.05, 0.1) is 0 Å². The Hall–Kier alpha value is -3.29. The van der Waals surface area contributed by atoms with Gasteiger partial charge in [0.15, 0.2) is 17.3 Å². The number of H-pyrrole nitrogens is 1. The summed E-state index contributed by atoms with van der Waals surface area (Å²) in [6.45, 7) is 0.0184. The van der Waals surface area contributed by atoms with Crippen molar-refractivity contribution in [3.05, 3.63) is 65.4 Å². The van der Waals surface area contributed by atoms with Gasteiger partial charge < -0.3 is 10.5 Å². The number of nitrogens with zero attached hydrogens (tertiary/aromatic N) is 2. The quantitative estimate of drug-likeness (QED) is 0.751. The Morgan fingerprint density at radius 1 is 1.17 bits per heavy atom. The van der Waals surface area contributed by atoms with Gasteiger partial charge in [-0.05, 0) is 35.9 Å². The number of carbonyl (C=O) groups is 1. The van der Waals surface area contributed by atoms with E-state index < -0.39 is 17.5 Å². The van der Waals surface area contributed by atoms with Crippen LogP contribution in [0, 0.1) is 11.6 Å². The molecule has 1 amide bonds. The maximum absolute atomic E-state index is 14.2. The second-order valence-electron chi connectivity index (χ2n) is 4.95. The third-order valence-electron chi connectivity index (χ3n) is 3.27. The van der Waals surface area contributed by atoms with Gasteiger partial charge in [-0.2, -0.15) is 15.4 Å². The number of primary amides is 1. The Balaban J connectivity index is 1.80. The number of hydrogen-bond acceptors (Lipinski definition) is 4. The van der Waals surface area contributed by atoms with E-state index in [1.807, 2.05) is 0 Å². The molecule has 2 aromatic carbocycles. The highest BCUT2D eigenvalue weighted by Gasteiger charge is 2.16. The van der Waals surface area contributed by atoms with Gasteiger partial charge in [0.25, 0.3) is 5.91 Å². The van der Waals surface area contributed by atoms with Crippen molar-refractivity contribution < 1.29 is 18.3 Å². The lowest BCUT2D eigenvalue weighted by Crippen LogP contribution is -2.12. The highest BCUT2D eigenvalue weighted by Crippen LogP contribution is 2.26. The van der Waals surface area contributed by atoms with E-state index in [0.29, 0.717) is 11.1 Å². The molecular formula is C16H12F2N4O2. The molecule has 24 heavy (non-hydrogen) atoms. The van der Waals surface area contributed by atoms with Crippen LogP contribution in [0.1, 0.15) is 16.1 Å². The Morgan fingerprint density at radius 2 is 2.00 bits per heavy atom. The molecule has 0 saturated carbocycles. The second-order valence-corrected chi connectivity index (χ2v) is 4.95. The number of amides is 1. The molecule has 0 saturated heterocycles. The summed E-state index contributed by atoms with van der Waals surface area (Å²) in [6.07, 6.45) is 0. The van der Waals surface area contributed by atoms with Crippen LogP contribution in [0.4, 0.5) is 8.78 Å². The van der Waals surface area contributed by atoms with Crippen LogP contribution in [-0.2, 0) is 6.61 Å². The maximum atomic E-state index is 14.2. The Kier molecular flexibility index (Phi) is 4.19. The molecule has 1 heterocycles. The molecule has 0 bridgehead atoms. The van der Waals surface area contributed by atoms with Gasteiger partial charge in [0.2, 0.25) is 0 Å².